The number of rotatable bonds is 4. The minimum atomic E-state index is -5.45. The molecule has 0 bridgehead atoms. The average Bonchev–Trinajstić information content (AvgIpc) is 2.41. The molecule has 1 aromatic rings. The van der Waals surface area contributed by atoms with E-state index in [-0.39, 0.29) is 5.56 Å². The van der Waals surface area contributed by atoms with Crippen LogP contribution in [-0.4, -0.2) is 18.2 Å². The van der Waals surface area contributed by atoms with Crippen molar-refractivity contribution in [2.45, 2.75) is 51.9 Å². The van der Waals surface area contributed by atoms with Crippen LogP contribution in [0.5, 0.6) is 0 Å². The Hall–Kier alpha value is -1.77. The van der Waals surface area contributed by atoms with Crippen molar-refractivity contribution in [3.63, 3.8) is 0 Å². The van der Waals surface area contributed by atoms with E-state index < -0.39 is 47.0 Å². The summed E-state index contributed by atoms with van der Waals surface area (Å²) < 4.78 is 85.4. The fraction of sp³-hybridized carbons (Fsp3) is 0.562. The van der Waals surface area contributed by atoms with Crippen LogP contribution in [-0.2, 0) is 15.5 Å². The predicted octanol–water partition coefficient (Wildman–Crippen LogP) is 4.46. The van der Waals surface area contributed by atoms with Crippen molar-refractivity contribution in [2.75, 3.05) is 0 Å². The first-order valence-electron chi connectivity index (χ1n) is 7.30. The van der Waals surface area contributed by atoms with Gasteiger partial charge in [-0.2, -0.15) is 22.0 Å². The first kappa shape index (κ1) is 21.3. The molecule has 2 N–H and O–H groups in total. The summed E-state index contributed by atoms with van der Waals surface area (Å²) in [5.41, 5.74) is 2.48. The lowest BCUT2D eigenvalue weighted by atomic mass is 9.82. The Kier molecular flexibility index (Phi) is 5.83. The van der Waals surface area contributed by atoms with Crippen molar-refractivity contribution >= 4 is 5.97 Å². The summed E-state index contributed by atoms with van der Waals surface area (Å²) in [4.78, 5) is 11.1. The van der Waals surface area contributed by atoms with Crippen molar-refractivity contribution in [1.29, 1.82) is 0 Å². The lowest BCUT2D eigenvalue weighted by molar-refractivity contribution is -0.234. The van der Waals surface area contributed by atoms with Crippen LogP contribution >= 0.6 is 0 Å². The molecule has 142 valence electrons. The summed E-state index contributed by atoms with van der Waals surface area (Å²) >= 11 is 0. The number of esters is 1. The normalized spacial score (nSPS) is 15.6. The first-order chi connectivity index (χ1) is 11.1. The molecule has 0 radical (unpaired) electrons. The van der Waals surface area contributed by atoms with E-state index in [1.54, 1.807) is 0 Å². The Balaban J connectivity index is 3.44. The van der Waals surface area contributed by atoms with Crippen molar-refractivity contribution in [3.8, 4) is 0 Å². The molecule has 0 aliphatic rings. The van der Waals surface area contributed by atoms with Gasteiger partial charge < -0.3 is 10.5 Å². The Morgan fingerprint density at radius 3 is 2.04 bits per heavy atom. The monoisotopic (exact) mass is 371 g/mol. The van der Waals surface area contributed by atoms with E-state index in [0.717, 1.165) is 32.9 Å². The summed E-state index contributed by atoms with van der Waals surface area (Å²) in [6, 6.07) is 2.10. The number of hydrogen-bond acceptors (Lipinski definition) is 3. The molecule has 3 nitrogen and oxygen atoms in total. The molecule has 2 atom stereocenters. The fourth-order valence-corrected chi connectivity index (χ4v) is 2.27. The van der Waals surface area contributed by atoms with E-state index in [9.17, 15) is 31.1 Å². The minimum Gasteiger partial charge on any atom is -0.448 e. The maximum absolute atomic E-state index is 14.8. The maximum atomic E-state index is 14.8. The highest BCUT2D eigenvalue weighted by Gasteiger charge is 2.55. The third-order valence-electron chi connectivity index (χ3n) is 3.45. The van der Waals surface area contributed by atoms with Crippen molar-refractivity contribution in [1.82, 2.24) is 0 Å². The molecule has 25 heavy (non-hydrogen) atoms. The van der Waals surface area contributed by atoms with Crippen molar-refractivity contribution in [2.24, 2.45) is 11.1 Å². The molecule has 0 spiro atoms. The van der Waals surface area contributed by atoms with Crippen LogP contribution in [0.15, 0.2) is 18.2 Å². The Bertz CT molecular complexity index is 634. The summed E-state index contributed by atoms with van der Waals surface area (Å²) in [6.07, 6.45) is -8.00. The van der Waals surface area contributed by atoms with Gasteiger partial charge in [0.25, 0.3) is 0 Å². The number of halogens is 6. The molecular weight excluding hydrogens is 352 g/mol. The average molecular weight is 371 g/mol. The molecule has 0 aliphatic carbocycles. The highest BCUT2D eigenvalue weighted by atomic mass is 19.4. The highest BCUT2D eigenvalue weighted by Crippen LogP contribution is 2.44. The molecule has 1 unspecified atom stereocenters. The van der Waals surface area contributed by atoms with Gasteiger partial charge in [-0.3, -0.25) is 0 Å². The van der Waals surface area contributed by atoms with Gasteiger partial charge in [0.15, 0.2) is 6.10 Å². The van der Waals surface area contributed by atoms with Gasteiger partial charge in [0.2, 0.25) is 0 Å². The van der Waals surface area contributed by atoms with E-state index in [4.69, 9.17) is 5.73 Å². The molecule has 9 heteroatoms. The summed E-state index contributed by atoms with van der Waals surface area (Å²) in [5, 5.41) is 0. The number of hydrogen-bond donors (Lipinski definition) is 1. The second-order valence-electron chi connectivity index (χ2n) is 6.77. The molecule has 0 amide bonds. The molecule has 0 saturated carbocycles. The second-order valence-corrected chi connectivity index (χ2v) is 6.77. The highest BCUT2D eigenvalue weighted by molar-refractivity contribution is 5.76. The topological polar surface area (TPSA) is 52.3 Å². The summed E-state index contributed by atoms with van der Waals surface area (Å²) in [5.74, 6) is -8.33. The van der Waals surface area contributed by atoms with Gasteiger partial charge in [-0.1, -0.05) is 32.9 Å². The quantitative estimate of drug-likeness (QED) is 0.628. The van der Waals surface area contributed by atoms with Gasteiger partial charge in [-0.25, -0.2) is 9.18 Å². The predicted molar refractivity (Wildman–Crippen MR) is 78.3 cm³/mol. The van der Waals surface area contributed by atoms with Crippen LogP contribution in [0, 0.1) is 11.2 Å². The lowest BCUT2D eigenvalue weighted by Gasteiger charge is -2.36. The molecule has 0 fully saturated rings. The van der Waals surface area contributed by atoms with E-state index in [2.05, 4.69) is 4.74 Å². The van der Waals surface area contributed by atoms with E-state index in [1.807, 2.05) is 0 Å². The zero-order chi connectivity index (χ0) is 19.8. The summed E-state index contributed by atoms with van der Waals surface area (Å²) in [7, 11) is 0. The van der Waals surface area contributed by atoms with Gasteiger partial charge in [0, 0.05) is 17.0 Å². The third kappa shape index (κ3) is 4.65. The van der Waals surface area contributed by atoms with Crippen LogP contribution in [0.25, 0.3) is 0 Å². The van der Waals surface area contributed by atoms with E-state index in [1.165, 1.54) is 13.0 Å². The van der Waals surface area contributed by atoms with Crippen LogP contribution in [0.3, 0.4) is 0 Å². The Labute approximate surface area is 141 Å². The van der Waals surface area contributed by atoms with Crippen molar-refractivity contribution < 1.29 is 35.9 Å². The van der Waals surface area contributed by atoms with Crippen LogP contribution in [0.2, 0.25) is 0 Å². The maximum Gasteiger partial charge on any atom is 0.490 e. The smallest absolute Gasteiger partial charge is 0.448 e. The number of nitrogens with two attached hydrogens (primary N) is 1. The van der Waals surface area contributed by atoms with Gasteiger partial charge in [-0.05, 0) is 13.0 Å². The van der Waals surface area contributed by atoms with E-state index >= 15 is 0 Å². The van der Waals surface area contributed by atoms with Crippen LogP contribution in [0.4, 0.5) is 26.3 Å². The second kappa shape index (κ2) is 6.86. The molecule has 1 rings (SSSR count). The minimum absolute atomic E-state index is 0.230. The number of ether oxygens (including phenoxy) is 1. The fourth-order valence-electron chi connectivity index (χ4n) is 2.27. The Morgan fingerprint density at radius 2 is 1.64 bits per heavy atom. The molecule has 0 heterocycles. The molecular formula is C16H19F6NO2. The first-order valence-corrected chi connectivity index (χ1v) is 7.30. The van der Waals surface area contributed by atoms with Gasteiger partial charge in [-0.15, -0.1) is 0 Å². The number of alkyl halides is 5. The lowest BCUT2D eigenvalue weighted by Crippen LogP contribution is -2.47. The number of carbonyl (C=O) groups is 1. The Morgan fingerprint density at radius 1 is 1.12 bits per heavy atom. The molecule has 0 aromatic heterocycles. The third-order valence-corrected chi connectivity index (χ3v) is 3.45. The zero-order valence-electron chi connectivity index (χ0n) is 14.0. The van der Waals surface area contributed by atoms with Crippen molar-refractivity contribution in [3.05, 3.63) is 35.1 Å². The van der Waals surface area contributed by atoms with Gasteiger partial charge in [0.1, 0.15) is 5.82 Å². The SMILES string of the molecule is C[C@@H](N)c1cccc(C(F)(F)C(OC(=O)C(F)(F)F)C(C)(C)C)c1F. The van der Waals surface area contributed by atoms with Gasteiger partial charge >= 0.3 is 18.1 Å². The standard InChI is InChI=1S/C16H19F6NO2/c1-8(23)9-6-5-7-10(11(9)17)15(18,19)12(14(2,3)4)25-13(24)16(20,21)22/h5-8,12H,23H2,1-4H3/t8-,12?/m1/s1. The molecule has 0 aliphatic heterocycles. The number of carbonyl (C=O) groups excluding carboxylic acids is 1. The molecule has 0 saturated heterocycles. The summed E-state index contributed by atoms with van der Waals surface area (Å²) in [6.45, 7) is 4.83. The zero-order valence-corrected chi connectivity index (χ0v) is 14.0. The van der Waals surface area contributed by atoms with Gasteiger partial charge in [0.05, 0.1) is 5.56 Å². The van der Waals surface area contributed by atoms with Crippen LogP contribution < -0.4 is 5.73 Å². The van der Waals surface area contributed by atoms with E-state index in [0.29, 0.717) is 0 Å². The van der Waals surface area contributed by atoms with Crippen LogP contribution in [0.1, 0.15) is 44.9 Å². The number of benzene rings is 1. The largest absolute Gasteiger partial charge is 0.490 e. The molecule has 1 aromatic carbocycles.